The molecule has 21 heavy (non-hydrogen) atoms. The smallest absolute Gasteiger partial charge is 0.263 e. The van der Waals surface area contributed by atoms with Crippen LogP contribution in [-0.4, -0.2) is 9.55 Å². The van der Waals surface area contributed by atoms with Crippen molar-refractivity contribution in [1.29, 1.82) is 0 Å². The van der Waals surface area contributed by atoms with Crippen molar-refractivity contribution < 1.29 is 4.39 Å². The molecule has 0 amide bonds. The van der Waals surface area contributed by atoms with Crippen LogP contribution in [0.2, 0.25) is 0 Å². The second-order valence-electron chi connectivity index (χ2n) is 5.03. The predicted molar refractivity (Wildman–Crippen MR) is 86.2 cm³/mol. The minimum Gasteiger partial charge on any atom is -0.323 e. The highest BCUT2D eigenvalue weighted by molar-refractivity contribution is 7.71. The Bertz CT molecular complexity index is 929. The highest BCUT2D eigenvalue weighted by atomic mass is 32.1. The van der Waals surface area contributed by atoms with E-state index in [9.17, 15) is 9.18 Å². The zero-order valence-corrected chi connectivity index (χ0v) is 13.2. The molecule has 1 aromatic carbocycles. The van der Waals surface area contributed by atoms with Crippen LogP contribution in [0.1, 0.15) is 16.7 Å². The normalized spacial score (nSPS) is 11.2. The first-order valence-corrected chi connectivity index (χ1v) is 7.72. The average Bonchev–Trinajstić information content (AvgIpc) is 2.89. The summed E-state index contributed by atoms with van der Waals surface area (Å²) in [5.74, 6) is -0.204. The molecule has 3 nitrogen and oxygen atoms in total. The lowest BCUT2D eigenvalue weighted by Gasteiger charge is -2.09. The largest absolute Gasteiger partial charge is 0.323 e. The molecule has 0 fully saturated rings. The van der Waals surface area contributed by atoms with Crippen molar-refractivity contribution in [3.63, 3.8) is 0 Å². The number of aryl methyl sites for hydroxylation is 2. The van der Waals surface area contributed by atoms with E-state index in [1.165, 1.54) is 15.9 Å². The number of aromatic amines is 1. The lowest BCUT2D eigenvalue weighted by Crippen LogP contribution is -2.22. The van der Waals surface area contributed by atoms with E-state index in [0.29, 0.717) is 27.8 Å². The number of halogens is 1. The van der Waals surface area contributed by atoms with Crippen LogP contribution in [0, 0.1) is 24.4 Å². The molecule has 0 unspecified atom stereocenters. The minimum atomic E-state index is -0.204. The molecule has 0 bridgehead atoms. The minimum absolute atomic E-state index is 0.116. The van der Waals surface area contributed by atoms with E-state index in [4.69, 9.17) is 12.2 Å². The summed E-state index contributed by atoms with van der Waals surface area (Å²) in [6.07, 6.45) is 0. The number of thiophene rings is 1. The van der Waals surface area contributed by atoms with Crippen molar-refractivity contribution in [2.45, 2.75) is 20.4 Å². The maximum Gasteiger partial charge on any atom is 0.263 e. The van der Waals surface area contributed by atoms with Gasteiger partial charge in [0, 0.05) is 0 Å². The maximum atomic E-state index is 13.7. The second-order valence-corrected chi connectivity index (χ2v) is 6.33. The average molecular weight is 320 g/mol. The van der Waals surface area contributed by atoms with E-state index >= 15 is 0 Å². The summed E-state index contributed by atoms with van der Waals surface area (Å²) in [5, 5.41) is 2.48. The van der Waals surface area contributed by atoms with Gasteiger partial charge in [-0.15, -0.1) is 11.3 Å². The number of benzene rings is 1. The summed E-state index contributed by atoms with van der Waals surface area (Å²) < 4.78 is 15.6. The molecule has 0 aliphatic rings. The van der Waals surface area contributed by atoms with Gasteiger partial charge < -0.3 is 4.98 Å². The van der Waals surface area contributed by atoms with E-state index in [0.717, 1.165) is 10.4 Å². The van der Waals surface area contributed by atoms with Gasteiger partial charge in [0.15, 0.2) is 4.77 Å². The number of aromatic nitrogens is 2. The Morgan fingerprint density at radius 1 is 1.33 bits per heavy atom. The lowest BCUT2D eigenvalue weighted by molar-refractivity contribution is 0.607. The number of nitrogens with one attached hydrogen (secondary N) is 1. The Hall–Kier alpha value is -1.79. The van der Waals surface area contributed by atoms with Crippen LogP contribution in [0.4, 0.5) is 4.39 Å². The fourth-order valence-electron chi connectivity index (χ4n) is 2.43. The van der Waals surface area contributed by atoms with Crippen molar-refractivity contribution in [2.75, 3.05) is 0 Å². The number of rotatable bonds is 2. The molecule has 0 saturated carbocycles. The molecule has 0 aliphatic carbocycles. The molecule has 1 N–H and O–H groups in total. The number of hydrogen-bond donors (Lipinski definition) is 1. The molecule has 3 aromatic rings. The highest BCUT2D eigenvalue weighted by Crippen LogP contribution is 2.17. The molecular formula is C15H13FN2OS2. The summed E-state index contributed by atoms with van der Waals surface area (Å²) in [5.41, 5.74) is 1.89. The molecule has 0 saturated heterocycles. The van der Waals surface area contributed by atoms with Crippen LogP contribution < -0.4 is 5.56 Å². The van der Waals surface area contributed by atoms with Gasteiger partial charge in [-0.05, 0) is 54.2 Å². The Labute approximate surface area is 129 Å². The highest BCUT2D eigenvalue weighted by Gasteiger charge is 2.09. The van der Waals surface area contributed by atoms with Gasteiger partial charge in [-0.2, -0.15) is 0 Å². The first kappa shape index (κ1) is 14.2. The Morgan fingerprint density at radius 2 is 2.00 bits per heavy atom. The molecule has 0 aliphatic heterocycles. The third-order valence-corrected chi connectivity index (χ3v) is 4.60. The molecular weight excluding hydrogens is 307 g/mol. The van der Waals surface area contributed by atoms with Crippen LogP contribution in [0.3, 0.4) is 0 Å². The Kier molecular flexibility index (Phi) is 3.51. The Morgan fingerprint density at radius 3 is 2.67 bits per heavy atom. The molecule has 3 rings (SSSR count). The number of hydrogen-bond acceptors (Lipinski definition) is 3. The van der Waals surface area contributed by atoms with Gasteiger partial charge in [-0.1, -0.05) is 12.1 Å². The van der Waals surface area contributed by atoms with Gasteiger partial charge >= 0.3 is 0 Å². The zero-order chi connectivity index (χ0) is 15.1. The standard InChI is InChI=1S/C15H13FN2OS2/c1-8-5-10(6-9(2)12(8)16)7-18-14(19)11-3-4-21-13(11)17-15(18)20/h3-6H,7H2,1-2H3,(H,17,20). The van der Waals surface area contributed by atoms with E-state index in [1.807, 2.05) is 5.38 Å². The summed E-state index contributed by atoms with van der Waals surface area (Å²) >= 11 is 6.72. The third kappa shape index (κ3) is 2.45. The number of fused-ring (bicyclic) bond motifs is 1. The van der Waals surface area contributed by atoms with Crippen LogP contribution >= 0.6 is 23.6 Å². The predicted octanol–water partition coefficient (Wildman–Crippen LogP) is 3.92. The molecule has 108 valence electrons. The van der Waals surface area contributed by atoms with Crippen LogP contribution in [0.25, 0.3) is 10.2 Å². The van der Waals surface area contributed by atoms with Crippen molar-refractivity contribution >= 4 is 33.8 Å². The summed E-state index contributed by atoms with van der Waals surface area (Å²) in [4.78, 5) is 16.3. The SMILES string of the molecule is Cc1cc(Cn2c(=S)[nH]c3sccc3c2=O)cc(C)c1F. The van der Waals surface area contributed by atoms with Crippen LogP contribution in [-0.2, 0) is 6.54 Å². The lowest BCUT2D eigenvalue weighted by atomic mass is 10.1. The van der Waals surface area contributed by atoms with E-state index < -0.39 is 0 Å². The fourth-order valence-corrected chi connectivity index (χ4v) is 3.52. The molecule has 2 heterocycles. The van der Waals surface area contributed by atoms with Crippen molar-refractivity contribution in [1.82, 2.24) is 9.55 Å². The molecule has 6 heteroatoms. The van der Waals surface area contributed by atoms with Gasteiger partial charge in [0.1, 0.15) is 10.6 Å². The summed E-state index contributed by atoms with van der Waals surface area (Å²) in [6.45, 7) is 3.77. The molecule has 2 aromatic heterocycles. The third-order valence-electron chi connectivity index (χ3n) is 3.44. The second kappa shape index (κ2) is 5.20. The van der Waals surface area contributed by atoms with Gasteiger partial charge in [0.25, 0.3) is 5.56 Å². The monoisotopic (exact) mass is 320 g/mol. The summed E-state index contributed by atoms with van der Waals surface area (Å²) in [6, 6.07) is 5.29. The van der Waals surface area contributed by atoms with Crippen molar-refractivity contribution in [3.8, 4) is 0 Å². The number of nitrogens with zero attached hydrogens (tertiary/aromatic N) is 1. The Balaban J connectivity index is 2.14. The molecule has 0 radical (unpaired) electrons. The van der Waals surface area contributed by atoms with Crippen molar-refractivity contribution in [3.05, 3.63) is 61.2 Å². The topological polar surface area (TPSA) is 37.8 Å². The fraction of sp³-hybridized carbons (Fsp3) is 0.200. The van der Waals surface area contributed by atoms with E-state index in [1.54, 1.807) is 32.0 Å². The zero-order valence-electron chi connectivity index (χ0n) is 11.6. The van der Waals surface area contributed by atoms with Gasteiger partial charge in [-0.3, -0.25) is 9.36 Å². The van der Waals surface area contributed by atoms with Crippen LogP contribution in [0.15, 0.2) is 28.4 Å². The first-order chi connectivity index (χ1) is 9.97. The quantitative estimate of drug-likeness (QED) is 0.727. The van der Waals surface area contributed by atoms with Crippen LogP contribution in [0.5, 0.6) is 0 Å². The molecule has 0 atom stereocenters. The molecule has 0 spiro atoms. The first-order valence-electron chi connectivity index (χ1n) is 6.43. The van der Waals surface area contributed by atoms with E-state index in [2.05, 4.69) is 4.98 Å². The maximum absolute atomic E-state index is 13.7. The van der Waals surface area contributed by atoms with Gasteiger partial charge in [0.2, 0.25) is 0 Å². The number of H-pyrrole nitrogens is 1. The van der Waals surface area contributed by atoms with Gasteiger partial charge in [-0.25, -0.2) is 4.39 Å². The van der Waals surface area contributed by atoms with E-state index in [-0.39, 0.29) is 11.4 Å². The van der Waals surface area contributed by atoms with Crippen molar-refractivity contribution in [2.24, 2.45) is 0 Å². The van der Waals surface area contributed by atoms with Gasteiger partial charge in [0.05, 0.1) is 11.9 Å². The summed E-state index contributed by atoms with van der Waals surface area (Å²) in [7, 11) is 0.